The molecule has 1 aliphatic rings. The highest BCUT2D eigenvalue weighted by atomic mass is 32.1. The summed E-state index contributed by atoms with van der Waals surface area (Å²) >= 11 is 1.28. The van der Waals surface area contributed by atoms with Gasteiger partial charge in [-0.25, -0.2) is 4.39 Å². The van der Waals surface area contributed by atoms with Crippen molar-refractivity contribution < 1.29 is 31.6 Å². The van der Waals surface area contributed by atoms with E-state index in [9.17, 15) is 22.4 Å². The lowest BCUT2D eigenvalue weighted by Crippen LogP contribution is -2.38. The molecule has 1 aromatic carbocycles. The van der Waals surface area contributed by atoms with Crippen molar-refractivity contribution in [3.63, 3.8) is 0 Å². The van der Waals surface area contributed by atoms with E-state index in [0.29, 0.717) is 35.7 Å². The summed E-state index contributed by atoms with van der Waals surface area (Å²) < 4.78 is 60.9. The Morgan fingerprint density at radius 1 is 1.33 bits per heavy atom. The van der Waals surface area contributed by atoms with Crippen LogP contribution in [0.4, 0.5) is 17.6 Å². The van der Waals surface area contributed by atoms with E-state index in [1.165, 1.54) is 29.5 Å². The number of aryl methyl sites for hydroxylation is 1. The molecule has 1 aliphatic heterocycles. The van der Waals surface area contributed by atoms with Gasteiger partial charge in [-0.3, -0.25) is 4.79 Å². The van der Waals surface area contributed by atoms with Crippen molar-refractivity contribution in [3.8, 4) is 16.5 Å². The van der Waals surface area contributed by atoms with Gasteiger partial charge >= 0.3 is 12.1 Å². The van der Waals surface area contributed by atoms with Crippen LogP contribution < -0.4 is 4.74 Å². The number of aromatic nitrogens is 2. The minimum absolute atomic E-state index is 0.130. The van der Waals surface area contributed by atoms with Crippen LogP contribution in [0.25, 0.3) is 10.7 Å². The normalized spacial score (nSPS) is 14.0. The maximum Gasteiger partial charge on any atom is 0.471 e. The molecule has 3 aromatic rings. The molecule has 1 amide bonds. The predicted octanol–water partition coefficient (Wildman–Crippen LogP) is 4.23. The number of hydrogen-bond acceptors (Lipinski definition) is 6. The highest BCUT2D eigenvalue weighted by Gasteiger charge is 2.38. The molecule has 0 saturated carbocycles. The number of fused-ring (bicyclic) bond motifs is 1. The zero-order chi connectivity index (χ0) is 21.5. The summed E-state index contributed by atoms with van der Waals surface area (Å²) in [6.07, 6.45) is -4.14. The lowest BCUT2D eigenvalue weighted by molar-refractivity contribution is -0.159. The largest absolute Gasteiger partial charge is 0.483 e. The van der Waals surface area contributed by atoms with E-state index < -0.39 is 12.1 Å². The van der Waals surface area contributed by atoms with Gasteiger partial charge in [-0.1, -0.05) is 5.16 Å². The van der Waals surface area contributed by atoms with Gasteiger partial charge in [0.15, 0.2) is 6.61 Å². The fraction of sp³-hybridized carbons (Fsp3) is 0.316. The third-order valence-corrected chi connectivity index (χ3v) is 5.83. The number of amides is 1. The number of benzene rings is 1. The number of nitrogens with zero attached hydrogens (tertiary/aromatic N) is 3. The van der Waals surface area contributed by atoms with Crippen LogP contribution >= 0.6 is 11.3 Å². The molecule has 0 N–H and O–H groups in total. The van der Waals surface area contributed by atoms with Gasteiger partial charge in [0, 0.05) is 18.0 Å². The number of carbonyl (C=O) groups excluding carboxylic acids is 1. The quantitative estimate of drug-likeness (QED) is 0.567. The average molecular weight is 441 g/mol. The molecule has 6 nitrogen and oxygen atoms in total. The fourth-order valence-electron chi connectivity index (χ4n) is 3.10. The molecule has 0 fully saturated rings. The molecule has 0 unspecified atom stereocenters. The van der Waals surface area contributed by atoms with E-state index >= 15 is 0 Å². The maximum atomic E-state index is 13.2. The van der Waals surface area contributed by atoms with Crippen LogP contribution in [-0.2, 0) is 23.9 Å². The van der Waals surface area contributed by atoms with Crippen LogP contribution in [-0.4, -0.2) is 34.1 Å². The Labute approximate surface area is 172 Å². The minimum atomic E-state index is -4.70. The van der Waals surface area contributed by atoms with E-state index in [2.05, 4.69) is 14.7 Å². The highest BCUT2D eigenvalue weighted by molar-refractivity contribution is 7.15. The molecular formula is C19H15F4N3O3S. The van der Waals surface area contributed by atoms with Gasteiger partial charge in [0.2, 0.25) is 5.82 Å². The van der Waals surface area contributed by atoms with Crippen LogP contribution in [0.3, 0.4) is 0 Å². The Morgan fingerprint density at radius 3 is 2.83 bits per heavy atom. The monoisotopic (exact) mass is 441 g/mol. The zero-order valence-corrected chi connectivity index (χ0v) is 16.4. The maximum absolute atomic E-state index is 13.2. The van der Waals surface area contributed by atoms with Gasteiger partial charge in [-0.15, -0.1) is 11.3 Å². The second-order valence-corrected chi connectivity index (χ2v) is 7.88. The topological polar surface area (TPSA) is 68.5 Å². The summed E-state index contributed by atoms with van der Waals surface area (Å²) in [6, 6.07) is 5.73. The van der Waals surface area contributed by atoms with E-state index in [0.717, 1.165) is 10.4 Å². The lowest BCUT2D eigenvalue weighted by Gasteiger charge is -2.27. The number of halogens is 4. The Morgan fingerprint density at radius 2 is 2.13 bits per heavy atom. The molecule has 158 valence electrons. The number of rotatable bonds is 4. The minimum Gasteiger partial charge on any atom is -0.483 e. The van der Waals surface area contributed by atoms with Gasteiger partial charge in [0.1, 0.15) is 11.6 Å². The molecule has 0 spiro atoms. The molecule has 30 heavy (non-hydrogen) atoms. The van der Waals surface area contributed by atoms with Gasteiger partial charge in [-0.2, -0.15) is 18.2 Å². The van der Waals surface area contributed by atoms with Crippen molar-refractivity contribution in [3.05, 3.63) is 52.0 Å². The summed E-state index contributed by atoms with van der Waals surface area (Å²) in [5, 5.41) is 3.40. The number of thiophene rings is 1. The van der Waals surface area contributed by atoms with E-state index in [4.69, 9.17) is 4.74 Å². The summed E-state index contributed by atoms with van der Waals surface area (Å²) in [5.41, 5.74) is 1.41. The van der Waals surface area contributed by atoms with Crippen LogP contribution in [0.1, 0.15) is 21.9 Å². The summed E-state index contributed by atoms with van der Waals surface area (Å²) in [5.74, 6) is -1.72. The molecule has 11 heteroatoms. The third kappa shape index (κ3) is 4.16. The molecule has 0 bridgehead atoms. The van der Waals surface area contributed by atoms with Gasteiger partial charge in [-0.05, 0) is 48.7 Å². The Kier molecular flexibility index (Phi) is 5.22. The standard InChI is InChI=1S/C19H15F4N3O3S/c1-10-6-12(20)2-3-13(10)28-9-16(27)26-5-4-14-11(8-26)7-15(30-14)17-24-18(29-25-17)19(21,22)23/h2-3,6-7H,4-5,8-9H2,1H3. The van der Waals surface area contributed by atoms with Crippen LogP contribution in [0.2, 0.25) is 0 Å². The van der Waals surface area contributed by atoms with Crippen molar-refractivity contribution in [2.75, 3.05) is 13.2 Å². The smallest absolute Gasteiger partial charge is 0.471 e. The molecule has 2 aromatic heterocycles. The first-order valence-corrected chi connectivity index (χ1v) is 9.72. The second-order valence-electron chi connectivity index (χ2n) is 6.74. The van der Waals surface area contributed by atoms with Crippen LogP contribution in [0, 0.1) is 12.7 Å². The first kappa shape index (κ1) is 20.3. The Balaban J connectivity index is 1.42. The summed E-state index contributed by atoms with van der Waals surface area (Å²) in [6.45, 7) is 2.25. The number of alkyl halides is 3. The SMILES string of the molecule is Cc1cc(F)ccc1OCC(=O)N1CCc2sc(-c3noc(C(F)(F)F)n3)cc2C1. The molecule has 3 heterocycles. The number of hydrogen-bond donors (Lipinski definition) is 0. The van der Waals surface area contributed by atoms with E-state index in [1.54, 1.807) is 17.9 Å². The van der Waals surface area contributed by atoms with Gasteiger partial charge in [0.05, 0.1) is 4.88 Å². The third-order valence-electron chi connectivity index (χ3n) is 4.60. The molecule has 4 rings (SSSR count). The van der Waals surface area contributed by atoms with Crippen molar-refractivity contribution in [1.29, 1.82) is 0 Å². The Hall–Kier alpha value is -2.95. The Bertz CT molecular complexity index is 1090. The molecule has 0 radical (unpaired) electrons. The summed E-state index contributed by atoms with van der Waals surface area (Å²) in [4.78, 5) is 18.9. The fourth-order valence-corrected chi connectivity index (χ4v) is 4.19. The molecule has 0 atom stereocenters. The van der Waals surface area contributed by atoms with E-state index in [-0.39, 0.29) is 24.2 Å². The molecule has 0 saturated heterocycles. The zero-order valence-electron chi connectivity index (χ0n) is 15.6. The van der Waals surface area contributed by atoms with E-state index in [1.807, 2.05) is 0 Å². The molecule has 0 aliphatic carbocycles. The van der Waals surface area contributed by atoms with Gasteiger partial charge < -0.3 is 14.2 Å². The van der Waals surface area contributed by atoms with Crippen molar-refractivity contribution >= 4 is 17.2 Å². The number of ether oxygens (including phenoxy) is 1. The van der Waals surface area contributed by atoms with Gasteiger partial charge in [0.25, 0.3) is 5.91 Å². The first-order chi connectivity index (χ1) is 14.2. The first-order valence-electron chi connectivity index (χ1n) is 8.90. The second kappa shape index (κ2) is 7.71. The molecular weight excluding hydrogens is 426 g/mol. The summed E-state index contributed by atoms with van der Waals surface area (Å²) in [7, 11) is 0. The predicted molar refractivity (Wildman–Crippen MR) is 98.4 cm³/mol. The highest BCUT2D eigenvalue weighted by Crippen LogP contribution is 2.35. The average Bonchev–Trinajstić information content (AvgIpc) is 3.33. The number of carbonyl (C=O) groups is 1. The lowest BCUT2D eigenvalue weighted by atomic mass is 10.1. The van der Waals surface area contributed by atoms with Crippen LogP contribution in [0.5, 0.6) is 5.75 Å². The van der Waals surface area contributed by atoms with Crippen molar-refractivity contribution in [2.24, 2.45) is 0 Å². The van der Waals surface area contributed by atoms with Crippen molar-refractivity contribution in [1.82, 2.24) is 15.0 Å². The van der Waals surface area contributed by atoms with Crippen LogP contribution in [0.15, 0.2) is 28.8 Å². The van der Waals surface area contributed by atoms with Crippen molar-refractivity contribution in [2.45, 2.75) is 26.1 Å².